The fourth-order valence-electron chi connectivity index (χ4n) is 2.25. The molecule has 7 heteroatoms. The van der Waals surface area contributed by atoms with Crippen LogP contribution in [0, 0.1) is 0 Å². The van der Waals surface area contributed by atoms with Crippen LogP contribution < -0.4 is 10.6 Å². The topological polar surface area (TPSA) is 96.3 Å². The number of carboxylic acids is 1. The highest BCUT2D eigenvalue weighted by atomic mass is 16.4. The van der Waals surface area contributed by atoms with Gasteiger partial charge in [-0.1, -0.05) is 32.0 Å². The second kappa shape index (κ2) is 6.95. The number of rotatable bonds is 5. The third-order valence-electron chi connectivity index (χ3n) is 3.38. The summed E-state index contributed by atoms with van der Waals surface area (Å²) in [6.07, 6.45) is 1.62. The fourth-order valence-corrected chi connectivity index (χ4v) is 2.25. The number of carbonyl (C=O) groups excluding carboxylic acids is 1. The fraction of sp³-hybridized carbons (Fsp3) is 0.312. The molecule has 1 heterocycles. The largest absolute Gasteiger partial charge is 0.479 e. The highest BCUT2D eigenvalue weighted by Crippen LogP contribution is 2.23. The number of hydrogen-bond acceptors (Lipinski definition) is 3. The van der Waals surface area contributed by atoms with Gasteiger partial charge in [-0.05, 0) is 23.6 Å². The summed E-state index contributed by atoms with van der Waals surface area (Å²) in [6.45, 7) is 4.04. The van der Waals surface area contributed by atoms with Crippen LogP contribution in [0.3, 0.4) is 0 Å². The highest BCUT2D eigenvalue weighted by Gasteiger charge is 2.24. The zero-order valence-electron chi connectivity index (χ0n) is 13.3. The zero-order chi connectivity index (χ0) is 17.0. The number of urea groups is 1. The number of carboxylic acid groups (broad SMARTS) is 1. The number of hydrogen-bond donors (Lipinski definition) is 3. The van der Waals surface area contributed by atoms with Crippen LogP contribution in [-0.2, 0) is 11.8 Å². The van der Waals surface area contributed by atoms with Gasteiger partial charge in [-0.2, -0.15) is 5.10 Å². The van der Waals surface area contributed by atoms with Gasteiger partial charge >= 0.3 is 12.0 Å². The molecule has 0 fully saturated rings. The first kappa shape index (κ1) is 16.5. The number of nitrogens with zero attached hydrogens (tertiary/aromatic N) is 2. The first-order valence-electron chi connectivity index (χ1n) is 7.27. The van der Waals surface area contributed by atoms with E-state index in [1.807, 2.05) is 32.0 Å². The van der Waals surface area contributed by atoms with Gasteiger partial charge in [0.15, 0.2) is 6.04 Å². The standard InChI is InChI=1S/C16H20N4O3/c1-10(2)11-6-4-5-7-12(11)17-16(23)18-14(15(21)22)13-8-9-20(3)19-13/h4-10,14H,1-3H3,(H,21,22)(H2,17,18,23). The lowest BCUT2D eigenvalue weighted by Gasteiger charge is -2.16. The number of carbonyl (C=O) groups is 2. The average Bonchev–Trinajstić information content (AvgIpc) is 2.91. The van der Waals surface area contributed by atoms with Gasteiger partial charge in [0.25, 0.3) is 0 Å². The van der Waals surface area contributed by atoms with Gasteiger partial charge < -0.3 is 15.7 Å². The van der Waals surface area contributed by atoms with E-state index in [2.05, 4.69) is 15.7 Å². The Morgan fingerprint density at radius 1 is 1.22 bits per heavy atom. The van der Waals surface area contributed by atoms with E-state index < -0.39 is 18.0 Å². The minimum Gasteiger partial charge on any atom is -0.479 e. The molecule has 2 aromatic rings. The van der Waals surface area contributed by atoms with Crippen molar-refractivity contribution >= 4 is 17.7 Å². The Balaban J connectivity index is 2.13. The molecular formula is C16H20N4O3. The van der Waals surface area contributed by atoms with Crippen LogP contribution in [0.4, 0.5) is 10.5 Å². The number of benzene rings is 1. The second-order valence-corrected chi connectivity index (χ2v) is 5.53. The van der Waals surface area contributed by atoms with Gasteiger partial charge in [-0.25, -0.2) is 9.59 Å². The maximum absolute atomic E-state index is 12.2. The van der Waals surface area contributed by atoms with Crippen molar-refractivity contribution in [2.45, 2.75) is 25.8 Å². The molecule has 3 N–H and O–H groups in total. The quantitative estimate of drug-likeness (QED) is 0.789. The summed E-state index contributed by atoms with van der Waals surface area (Å²) in [7, 11) is 1.68. The number of aromatic nitrogens is 2. The molecule has 0 aliphatic carbocycles. The van der Waals surface area contributed by atoms with E-state index in [-0.39, 0.29) is 11.6 Å². The van der Waals surface area contributed by atoms with E-state index in [0.29, 0.717) is 5.69 Å². The Labute approximate surface area is 134 Å². The molecule has 0 saturated carbocycles. The molecule has 7 nitrogen and oxygen atoms in total. The SMILES string of the molecule is CC(C)c1ccccc1NC(=O)NC(C(=O)O)c1ccn(C)n1. The van der Waals surface area contributed by atoms with Crippen molar-refractivity contribution < 1.29 is 14.7 Å². The number of aryl methyl sites for hydroxylation is 1. The smallest absolute Gasteiger partial charge is 0.332 e. The van der Waals surface area contributed by atoms with Crippen LogP contribution >= 0.6 is 0 Å². The Morgan fingerprint density at radius 3 is 2.48 bits per heavy atom. The van der Waals surface area contributed by atoms with E-state index in [1.165, 1.54) is 4.68 Å². The molecule has 0 aliphatic heterocycles. The predicted molar refractivity (Wildman–Crippen MR) is 86.3 cm³/mol. The number of nitrogens with one attached hydrogen (secondary N) is 2. The normalized spacial score (nSPS) is 12.0. The van der Waals surface area contributed by atoms with Crippen molar-refractivity contribution in [2.75, 3.05) is 5.32 Å². The van der Waals surface area contributed by atoms with Crippen LogP contribution in [-0.4, -0.2) is 26.9 Å². The Bertz CT molecular complexity index is 709. The van der Waals surface area contributed by atoms with Crippen molar-refractivity contribution in [1.29, 1.82) is 0 Å². The van der Waals surface area contributed by atoms with Crippen LogP contribution in [0.2, 0.25) is 0 Å². The summed E-state index contributed by atoms with van der Waals surface area (Å²) in [5, 5.41) is 18.5. The van der Waals surface area contributed by atoms with Gasteiger partial charge in [0.05, 0.1) is 5.69 Å². The lowest BCUT2D eigenvalue weighted by Crippen LogP contribution is -2.37. The van der Waals surface area contributed by atoms with Gasteiger partial charge in [0.1, 0.15) is 0 Å². The summed E-state index contributed by atoms with van der Waals surface area (Å²) in [4.78, 5) is 23.5. The zero-order valence-corrected chi connectivity index (χ0v) is 13.3. The van der Waals surface area contributed by atoms with Crippen molar-refractivity contribution in [2.24, 2.45) is 7.05 Å². The van der Waals surface area contributed by atoms with Gasteiger partial charge in [0, 0.05) is 18.9 Å². The summed E-state index contributed by atoms with van der Waals surface area (Å²) < 4.78 is 1.49. The monoisotopic (exact) mass is 316 g/mol. The lowest BCUT2D eigenvalue weighted by atomic mass is 10.0. The number of anilines is 1. The van der Waals surface area contributed by atoms with Crippen LogP contribution in [0.25, 0.3) is 0 Å². The van der Waals surface area contributed by atoms with Gasteiger partial charge in [-0.15, -0.1) is 0 Å². The number of aliphatic carboxylic acids is 1. The molecular weight excluding hydrogens is 296 g/mol. The molecule has 0 spiro atoms. The predicted octanol–water partition coefficient (Wildman–Crippen LogP) is 2.49. The first-order chi connectivity index (χ1) is 10.9. The van der Waals surface area contributed by atoms with E-state index in [1.54, 1.807) is 25.4 Å². The van der Waals surface area contributed by atoms with E-state index >= 15 is 0 Å². The van der Waals surface area contributed by atoms with Crippen molar-refractivity contribution in [3.05, 3.63) is 47.8 Å². The minimum absolute atomic E-state index is 0.234. The van der Waals surface area contributed by atoms with Crippen LogP contribution in [0.15, 0.2) is 36.5 Å². The summed E-state index contributed by atoms with van der Waals surface area (Å²) in [6, 6.07) is 7.18. The van der Waals surface area contributed by atoms with Crippen LogP contribution in [0.5, 0.6) is 0 Å². The Hall–Kier alpha value is -2.83. The number of amides is 2. The van der Waals surface area contributed by atoms with E-state index in [4.69, 9.17) is 0 Å². The van der Waals surface area contributed by atoms with Crippen molar-refractivity contribution in [3.8, 4) is 0 Å². The third-order valence-corrected chi connectivity index (χ3v) is 3.38. The van der Waals surface area contributed by atoms with Gasteiger partial charge in [-0.3, -0.25) is 4.68 Å². The summed E-state index contributed by atoms with van der Waals surface area (Å²) in [5.41, 5.74) is 1.91. The molecule has 0 aliphatic rings. The lowest BCUT2D eigenvalue weighted by molar-refractivity contribution is -0.139. The second-order valence-electron chi connectivity index (χ2n) is 5.53. The average molecular weight is 316 g/mol. The maximum atomic E-state index is 12.2. The molecule has 1 unspecified atom stereocenters. The molecule has 1 aromatic heterocycles. The summed E-state index contributed by atoms with van der Waals surface area (Å²) >= 11 is 0. The first-order valence-corrected chi connectivity index (χ1v) is 7.27. The molecule has 23 heavy (non-hydrogen) atoms. The molecule has 0 bridgehead atoms. The van der Waals surface area contributed by atoms with E-state index in [0.717, 1.165) is 5.56 Å². The minimum atomic E-state index is -1.21. The molecule has 122 valence electrons. The Kier molecular flexibility index (Phi) is 5.00. The van der Waals surface area contributed by atoms with Crippen LogP contribution in [0.1, 0.15) is 37.1 Å². The van der Waals surface area contributed by atoms with Gasteiger partial charge in [0.2, 0.25) is 0 Å². The molecule has 2 amide bonds. The molecule has 0 radical (unpaired) electrons. The highest BCUT2D eigenvalue weighted by molar-refractivity contribution is 5.93. The molecule has 1 atom stereocenters. The molecule has 0 saturated heterocycles. The Morgan fingerprint density at radius 2 is 1.91 bits per heavy atom. The summed E-state index contributed by atoms with van der Waals surface area (Å²) in [5.74, 6) is -0.937. The third kappa shape index (κ3) is 4.09. The van der Waals surface area contributed by atoms with Crippen molar-refractivity contribution in [3.63, 3.8) is 0 Å². The van der Waals surface area contributed by atoms with E-state index in [9.17, 15) is 14.7 Å². The molecule has 1 aromatic carbocycles. The molecule has 2 rings (SSSR count). The maximum Gasteiger partial charge on any atom is 0.332 e. The van der Waals surface area contributed by atoms with Crippen molar-refractivity contribution in [1.82, 2.24) is 15.1 Å². The number of para-hydroxylation sites is 1.